The van der Waals surface area contributed by atoms with Gasteiger partial charge in [0.25, 0.3) is 0 Å². The molecule has 1 aliphatic carbocycles. The van der Waals surface area contributed by atoms with Crippen LogP contribution in [0.1, 0.15) is 26.2 Å². The van der Waals surface area contributed by atoms with Gasteiger partial charge in [-0.1, -0.05) is 12.2 Å². The summed E-state index contributed by atoms with van der Waals surface area (Å²) in [6.45, 7) is 5.97. The average Bonchev–Trinajstić information content (AvgIpc) is 2.41. The minimum absolute atomic E-state index is 0.254. The van der Waals surface area contributed by atoms with Crippen molar-refractivity contribution >= 4 is 5.97 Å². The zero-order chi connectivity index (χ0) is 9.69. The van der Waals surface area contributed by atoms with Gasteiger partial charge in [0.15, 0.2) is 0 Å². The molecule has 0 bridgehead atoms. The van der Waals surface area contributed by atoms with Crippen LogP contribution < -0.4 is 0 Å². The fourth-order valence-corrected chi connectivity index (χ4v) is 2.54. The summed E-state index contributed by atoms with van der Waals surface area (Å²) in [4.78, 5) is 11.5. The molecule has 3 heteroatoms. The van der Waals surface area contributed by atoms with Gasteiger partial charge in [-0.05, 0) is 19.8 Å². The van der Waals surface area contributed by atoms with E-state index in [-0.39, 0.29) is 5.97 Å². The van der Waals surface area contributed by atoms with Crippen LogP contribution in [-0.4, -0.2) is 23.3 Å². The van der Waals surface area contributed by atoms with E-state index in [1.54, 1.807) is 6.92 Å². The van der Waals surface area contributed by atoms with Gasteiger partial charge >= 0.3 is 5.97 Å². The predicted molar refractivity (Wildman–Crippen MR) is 47.0 cm³/mol. The number of hydrogen-bond acceptors (Lipinski definition) is 3. The van der Waals surface area contributed by atoms with Crippen molar-refractivity contribution in [1.29, 1.82) is 0 Å². The molecule has 2 atom stereocenters. The van der Waals surface area contributed by atoms with Crippen LogP contribution in [0.2, 0.25) is 0 Å². The Balaban J connectivity index is 2.41. The molecule has 0 aromatic carbocycles. The molecule has 2 rings (SSSR count). The van der Waals surface area contributed by atoms with E-state index < -0.39 is 11.0 Å². The number of ether oxygens (including phenoxy) is 1. The quantitative estimate of drug-likeness (QED) is 0.449. The van der Waals surface area contributed by atoms with Crippen LogP contribution >= 0.6 is 0 Å². The molecular weight excluding hydrogens is 168 g/mol. The summed E-state index contributed by atoms with van der Waals surface area (Å²) in [5.74, 6) is -0.254. The van der Waals surface area contributed by atoms with Crippen molar-refractivity contribution in [2.75, 3.05) is 6.61 Å². The Morgan fingerprint density at radius 3 is 2.62 bits per heavy atom. The lowest BCUT2D eigenvalue weighted by Crippen LogP contribution is -2.44. The molecule has 0 aromatic rings. The molecule has 1 saturated carbocycles. The van der Waals surface area contributed by atoms with Crippen molar-refractivity contribution in [3.8, 4) is 0 Å². The van der Waals surface area contributed by atoms with E-state index >= 15 is 0 Å². The Morgan fingerprint density at radius 1 is 1.54 bits per heavy atom. The molecule has 1 spiro atoms. The van der Waals surface area contributed by atoms with Gasteiger partial charge in [-0.3, -0.25) is 4.79 Å². The van der Waals surface area contributed by atoms with Crippen molar-refractivity contribution in [1.82, 2.24) is 0 Å². The second-order valence-electron chi connectivity index (χ2n) is 4.35. The lowest BCUT2D eigenvalue weighted by atomic mass is 9.74. The molecule has 2 unspecified atom stereocenters. The van der Waals surface area contributed by atoms with Crippen LogP contribution in [0.5, 0.6) is 0 Å². The molecule has 1 saturated heterocycles. The summed E-state index contributed by atoms with van der Waals surface area (Å²) >= 11 is 0. The summed E-state index contributed by atoms with van der Waals surface area (Å²) in [6, 6.07) is 0. The van der Waals surface area contributed by atoms with Crippen molar-refractivity contribution in [2.45, 2.75) is 31.8 Å². The van der Waals surface area contributed by atoms with Gasteiger partial charge in [0.1, 0.15) is 5.41 Å². The first-order valence-corrected chi connectivity index (χ1v) is 4.54. The van der Waals surface area contributed by atoms with Crippen LogP contribution in [0.3, 0.4) is 0 Å². The molecule has 3 nitrogen and oxygen atoms in total. The fourth-order valence-electron chi connectivity index (χ4n) is 2.54. The third-order valence-corrected chi connectivity index (χ3v) is 3.33. The molecule has 1 N–H and O–H groups in total. The number of carbonyl (C=O) groups is 1. The highest BCUT2D eigenvalue weighted by Crippen LogP contribution is 2.53. The largest absolute Gasteiger partial charge is 0.465 e. The zero-order valence-corrected chi connectivity index (χ0v) is 7.80. The van der Waals surface area contributed by atoms with Crippen LogP contribution in [0, 0.1) is 5.41 Å². The molecular formula is C10H14O3. The number of rotatable bonds is 0. The third-order valence-electron chi connectivity index (χ3n) is 3.33. The molecule has 72 valence electrons. The molecule has 1 aliphatic heterocycles. The number of hydrogen-bond donors (Lipinski definition) is 1. The van der Waals surface area contributed by atoms with E-state index in [4.69, 9.17) is 4.74 Å². The van der Waals surface area contributed by atoms with E-state index in [0.29, 0.717) is 25.9 Å². The summed E-state index contributed by atoms with van der Waals surface area (Å²) in [6.07, 6.45) is 1.72. The monoisotopic (exact) mass is 182 g/mol. The highest BCUT2D eigenvalue weighted by molar-refractivity contribution is 5.81. The zero-order valence-electron chi connectivity index (χ0n) is 7.80. The number of esters is 1. The number of carbonyl (C=O) groups excluding carboxylic acids is 1. The molecule has 2 fully saturated rings. The highest BCUT2D eigenvalue weighted by atomic mass is 16.5. The first-order chi connectivity index (χ1) is 5.98. The second kappa shape index (κ2) is 2.35. The van der Waals surface area contributed by atoms with Gasteiger partial charge < -0.3 is 9.84 Å². The maximum absolute atomic E-state index is 11.5. The summed E-state index contributed by atoms with van der Waals surface area (Å²) in [5, 5.41) is 10.1. The molecule has 0 amide bonds. The van der Waals surface area contributed by atoms with Crippen molar-refractivity contribution in [3.05, 3.63) is 12.2 Å². The van der Waals surface area contributed by atoms with Crippen LogP contribution in [0.15, 0.2) is 12.2 Å². The molecule has 0 aromatic heterocycles. The molecule has 13 heavy (non-hydrogen) atoms. The van der Waals surface area contributed by atoms with Crippen LogP contribution in [0.4, 0.5) is 0 Å². The third kappa shape index (κ3) is 0.967. The number of cyclic esters (lactones) is 1. The first-order valence-electron chi connectivity index (χ1n) is 4.54. The summed E-state index contributed by atoms with van der Waals surface area (Å²) < 4.78 is 4.93. The minimum atomic E-state index is -0.961. The lowest BCUT2D eigenvalue weighted by molar-refractivity contribution is -0.156. The maximum Gasteiger partial charge on any atom is 0.315 e. The Bertz CT molecular complexity index is 280. The van der Waals surface area contributed by atoms with Gasteiger partial charge in [0.05, 0.1) is 12.2 Å². The highest BCUT2D eigenvalue weighted by Gasteiger charge is 2.60. The van der Waals surface area contributed by atoms with E-state index in [2.05, 4.69) is 6.58 Å². The van der Waals surface area contributed by atoms with Crippen molar-refractivity contribution in [2.24, 2.45) is 5.41 Å². The van der Waals surface area contributed by atoms with E-state index in [9.17, 15) is 9.90 Å². The van der Waals surface area contributed by atoms with Crippen molar-refractivity contribution < 1.29 is 14.6 Å². The average molecular weight is 182 g/mol. The van der Waals surface area contributed by atoms with E-state index in [1.165, 1.54) is 0 Å². The Hall–Kier alpha value is -0.830. The van der Waals surface area contributed by atoms with E-state index in [0.717, 1.165) is 5.57 Å². The maximum atomic E-state index is 11.5. The van der Waals surface area contributed by atoms with Gasteiger partial charge in [-0.15, -0.1) is 0 Å². The molecule has 2 aliphatic rings. The Morgan fingerprint density at radius 2 is 2.23 bits per heavy atom. The first kappa shape index (κ1) is 8.75. The normalized spacial score (nSPS) is 44.5. The number of aliphatic hydroxyl groups is 1. The smallest absolute Gasteiger partial charge is 0.315 e. The van der Waals surface area contributed by atoms with Crippen molar-refractivity contribution in [3.63, 3.8) is 0 Å². The van der Waals surface area contributed by atoms with Crippen LogP contribution in [-0.2, 0) is 9.53 Å². The SMILES string of the molecule is C=C1CC(C)(O)C2(CCOC2=O)C1. The van der Waals surface area contributed by atoms with Gasteiger partial charge in [-0.2, -0.15) is 0 Å². The lowest BCUT2D eigenvalue weighted by Gasteiger charge is -2.31. The van der Waals surface area contributed by atoms with Gasteiger partial charge in [-0.25, -0.2) is 0 Å². The summed E-state index contributed by atoms with van der Waals surface area (Å²) in [5.41, 5.74) is -0.703. The Labute approximate surface area is 77.4 Å². The minimum Gasteiger partial charge on any atom is -0.465 e. The predicted octanol–water partition coefficient (Wildman–Crippen LogP) is 1.02. The second-order valence-corrected chi connectivity index (χ2v) is 4.35. The standard InChI is InChI=1S/C10H14O3/c1-7-5-9(2,12)10(6-7)3-4-13-8(10)11/h12H,1,3-6H2,2H3. The Kier molecular flexibility index (Phi) is 1.58. The van der Waals surface area contributed by atoms with Gasteiger partial charge in [0, 0.05) is 6.42 Å². The van der Waals surface area contributed by atoms with Crippen LogP contribution in [0.25, 0.3) is 0 Å². The summed E-state index contributed by atoms with van der Waals surface area (Å²) in [7, 11) is 0. The van der Waals surface area contributed by atoms with Gasteiger partial charge in [0.2, 0.25) is 0 Å². The topological polar surface area (TPSA) is 46.5 Å². The van der Waals surface area contributed by atoms with E-state index in [1.807, 2.05) is 0 Å². The molecule has 0 radical (unpaired) electrons. The fraction of sp³-hybridized carbons (Fsp3) is 0.700. The molecule has 1 heterocycles.